The highest BCUT2D eigenvalue weighted by atomic mass is 32.1. The number of nitriles is 2. The number of hydrogen-bond acceptors (Lipinski definition) is 7. The van der Waals surface area contributed by atoms with Crippen molar-refractivity contribution in [2.45, 2.75) is 42.9 Å². The van der Waals surface area contributed by atoms with Crippen molar-refractivity contribution in [1.29, 1.82) is 10.5 Å². The number of carbonyl (C=O) groups is 2. The molecule has 3 aromatic rings. The van der Waals surface area contributed by atoms with Gasteiger partial charge in [0.25, 0.3) is 5.91 Å². The minimum absolute atomic E-state index is 0.0839. The highest BCUT2D eigenvalue weighted by Crippen LogP contribution is 2.47. The number of hydrogen-bond donors (Lipinski definition) is 4. The summed E-state index contributed by atoms with van der Waals surface area (Å²) in [4.78, 5) is 21.6. The van der Waals surface area contributed by atoms with Crippen molar-refractivity contribution in [2.75, 3.05) is 11.1 Å². The Balaban J connectivity index is 0.000000530. The number of ether oxygens (including phenoxy) is 1. The first-order chi connectivity index (χ1) is 18.7. The average Bonchev–Trinajstić information content (AvgIpc) is 3.87. The van der Waals surface area contributed by atoms with Gasteiger partial charge in [-0.25, -0.2) is 4.39 Å². The molecule has 0 unspecified atom stereocenters. The molecule has 5 rings (SSSR count). The predicted octanol–water partition coefficient (Wildman–Crippen LogP) is 5.69. The third-order valence-electron chi connectivity index (χ3n) is 6.20. The first-order valence-corrected chi connectivity index (χ1v) is 12.6. The molecule has 0 atom stereocenters. The van der Waals surface area contributed by atoms with Crippen molar-refractivity contribution < 1.29 is 18.7 Å². The molecule has 0 heterocycles. The predicted molar refractivity (Wildman–Crippen MR) is 149 cm³/mol. The van der Waals surface area contributed by atoms with Crippen LogP contribution >= 0.6 is 12.6 Å². The molecule has 39 heavy (non-hydrogen) atoms. The van der Waals surface area contributed by atoms with Gasteiger partial charge in [-0.15, -0.1) is 12.6 Å². The van der Waals surface area contributed by atoms with E-state index in [2.05, 4.69) is 36.7 Å². The van der Waals surface area contributed by atoms with Gasteiger partial charge in [-0.05, 0) is 60.7 Å². The normalized spacial score (nSPS) is 14.1. The molecule has 0 bridgehead atoms. The quantitative estimate of drug-likeness (QED) is 0.183. The van der Waals surface area contributed by atoms with E-state index in [0.717, 1.165) is 30.4 Å². The molecule has 8 nitrogen and oxygen atoms in total. The van der Waals surface area contributed by atoms with E-state index in [1.165, 1.54) is 31.0 Å². The van der Waals surface area contributed by atoms with Crippen LogP contribution in [0.5, 0.6) is 11.5 Å². The van der Waals surface area contributed by atoms with E-state index in [-0.39, 0.29) is 34.1 Å². The number of nitrogens with zero attached hydrogens (tertiary/aromatic N) is 2. The van der Waals surface area contributed by atoms with E-state index < -0.39 is 17.1 Å². The lowest BCUT2D eigenvalue weighted by molar-refractivity contribution is -0.106. The molecule has 5 N–H and O–H groups in total. The molecular formula is C29H28FN5O3S. The van der Waals surface area contributed by atoms with E-state index in [1.807, 2.05) is 12.1 Å². The van der Waals surface area contributed by atoms with Gasteiger partial charge in [-0.1, -0.05) is 31.9 Å². The van der Waals surface area contributed by atoms with E-state index in [4.69, 9.17) is 15.3 Å². The third kappa shape index (κ3) is 7.50. The molecule has 0 spiro atoms. The van der Waals surface area contributed by atoms with E-state index >= 15 is 0 Å². The fraction of sp³-hybridized carbons (Fsp3) is 0.241. The van der Waals surface area contributed by atoms with Gasteiger partial charge in [0.2, 0.25) is 6.41 Å². The van der Waals surface area contributed by atoms with Gasteiger partial charge in [0, 0.05) is 22.2 Å². The summed E-state index contributed by atoms with van der Waals surface area (Å²) in [6.07, 6.45) is 4.73. The van der Waals surface area contributed by atoms with Crippen molar-refractivity contribution in [3.8, 4) is 23.6 Å². The summed E-state index contributed by atoms with van der Waals surface area (Å²) in [5, 5.41) is 21.3. The zero-order valence-corrected chi connectivity index (χ0v) is 22.2. The van der Waals surface area contributed by atoms with Crippen LogP contribution < -0.4 is 21.5 Å². The number of carbonyl (C=O) groups excluding carboxylic acids is 2. The number of benzene rings is 3. The topological polar surface area (TPSA) is 155 Å². The first kappa shape index (κ1) is 29.0. The minimum Gasteiger partial charge on any atom is -0.456 e. The standard InChI is InChI=1S/C24H17FN4O2S.C4H8.CH3NO/c25-18-5-4-16(31-21-7-6-19(28)22(32)17(21)12-26)11-20(18)29-23(30)14-2-1-3-15(10-14)24(13-27)8-9-24;1-4-2-3-4;2-1-3/h1-7,10-11,32H,8-9,28H2,(H,29,30);4H,2-3H2,1H3;1H,(H2,2,3). The Morgan fingerprint density at radius 1 is 1.18 bits per heavy atom. The molecule has 0 aliphatic heterocycles. The molecule has 3 aromatic carbocycles. The molecule has 0 aromatic heterocycles. The number of nitrogens with one attached hydrogen (secondary N) is 1. The molecule has 2 saturated carbocycles. The van der Waals surface area contributed by atoms with Crippen LogP contribution in [0.25, 0.3) is 0 Å². The molecule has 2 aliphatic carbocycles. The van der Waals surface area contributed by atoms with Crippen LogP contribution in [0.15, 0.2) is 59.5 Å². The third-order valence-corrected chi connectivity index (χ3v) is 6.69. The van der Waals surface area contributed by atoms with Crippen LogP contribution in [-0.2, 0) is 10.2 Å². The molecule has 0 radical (unpaired) electrons. The van der Waals surface area contributed by atoms with E-state index in [1.54, 1.807) is 24.3 Å². The fourth-order valence-corrected chi connectivity index (χ4v) is 3.72. The van der Waals surface area contributed by atoms with Crippen molar-refractivity contribution >= 4 is 36.3 Å². The monoisotopic (exact) mass is 545 g/mol. The molecule has 2 fully saturated rings. The van der Waals surface area contributed by atoms with Crippen molar-refractivity contribution in [3.05, 3.63) is 77.1 Å². The number of rotatable bonds is 5. The summed E-state index contributed by atoms with van der Waals surface area (Å²) in [7, 11) is 0. The Labute approximate surface area is 231 Å². The molecule has 0 saturated heterocycles. The SMILES string of the molecule is CC1CC1.N#Cc1c(Oc2ccc(F)c(NC(=O)c3cccc(C4(C#N)CC4)c3)c2)ccc(N)c1S.NC=O. The van der Waals surface area contributed by atoms with Crippen molar-refractivity contribution in [2.24, 2.45) is 11.7 Å². The van der Waals surface area contributed by atoms with Crippen LogP contribution in [0, 0.1) is 34.4 Å². The minimum atomic E-state index is -0.648. The second-order valence-electron chi connectivity index (χ2n) is 9.28. The zero-order chi connectivity index (χ0) is 28.6. The Hall–Kier alpha value is -4.54. The Morgan fingerprint density at radius 2 is 1.85 bits per heavy atom. The van der Waals surface area contributed by atoms with Gasteiger partial charge in [0.1, 0.15) is 28.9 Å². The lowest BCUT2D eigenvalue weighted by Crippen LogP contribution is -2.14. The van der Waals surface area contributed by atoms with Gasteiger partial charge < -0.3 is 21.5 Å². The van der Waals surface area contributed by atoms with Crippen molar-refractivity contribution in [1.82, 2.24) is 0 Å². The second-order valence-corrected chi connectivity index (χ2v) is 9.73. The number of primary amides is 1. The van der Waals surface area contributed by atoms with Crippen LogP contribution in [-0.4, -0.2) is 12.3 Å². The highest BCUT2D eigenvalue weighted by molar-refractivity contribution is 7.80. The maximum atomic E-state index is 14.4. The number of nitrogens with two attached hydrogens (primary N) is 2. The number of halogens is 1. The first-order valence-electron chi connectivity index (χ1n) is 12.2. The Bertz CT molecular complexity index is 1460. The fourth-order valence-electron chi connectivity index (χ4n) is 3.48. The van der Waals surface area contributed by atoms with Crippen molar-refractivity contribution in [3.63, 3.8) is 0 Å². The zero-order valence-electron chi connectivity index (χ0n) is 21.3. The smallest absolute Gasteiger partial charge is 0.255 e. The number of thiol groups is 1. The molecule has 2 amide bonds. The van der Waals surface area contributed by atoms with E-state index in [0.29, 0.717) is 11.3 Å². The maximum absolute atomic E-state index is 14.4. The van der Waals surface area contributed by atoms with Gasteiger partial charge in [0.15, 0.2) is 0 Å². The number of amides is 2. The van der Waals surface area contributed by atoms with Gasteiger partial charge in [-0.3, -0.25) is 9.59 Å². The Kier molecular flexibility index (Phi) is 9.53. The summed E-state index contributed by atoms with van der Waals surface area (Å²) in [5.41, 5.74) is 10.9. The number of nitrogen functional groups attached to an aromatic ring is 1. The molecule has 2 aliphatic rings. The van der Waals surface area contributed by atoms with Crippen LogP contribution in [0.2, 0.25) is 0 Å². The van der Waals surface area contributed by atoms with Gasteiger partial charge in [-0.2, -0.15) is 10.5 Å². The lowest BCUT2D eigenvalue weighted by atomic mass is 9.96. The number of anilines is 2. The summed E-state index contributed by atoms with van der Waals surface area (Å²) in [6.45, 7) is 2.28. The summed E-state index contributed by atoms with van der Waals surface area (Å²) >= 11 is 4.23. The summed E-state index contributed by atoms with van der Waals surface area (Å²) in [5.74, 6) is 0.338. The lowest BCUT2D eigenvalue weighted by Gasteiger charge is -2.13. The Morgan fingerprint density at radius 3 is 2.41 bits per heavy atom. The van der Waals surface area contributed by atoms with Crippen LogP contribution in [0.3, 0.4) is 0 Å². The van der Waals surface area contributed by atoms with Crippen LogP contribution in [0.1, 0.15) is 54.1 Å². The second kappa shape index (κ2) is 12.8. The maximum Gasteiger partial charge on any atom is 0.255 e. The highest BCUT2D eigenvalue weighted by Gasteiger charge is 2.45. The summed E-state index contributed by atoms with van der Waals surface area (Å²) in [6, 6.07) is 18.0. The van der Waals surface area contributed by atoms with Gasteiger partial charge in [0.05, 0.1) is 17.2 Å². The average molecular weight is 546 g/mol. The van der Waals surface area contributed by atoms with Crippen LogP contribution in [0.4, 0.5) is 15.8 Å². The summed E-state index contributed by atoms with van der Waals surface area (Å²) < 4.78 is 20.1. The molecular weight excluding hydrogens is 517 g/mol. The molecule has 10 heteroatoms. The largest absolute Gasteiger partial charge is 0.456 e. The molecule has 200 valence electrons. The van der Waals surface area contributed by atoms with E-state index in [9.17, 15) is 19.7 Å². The van der Waals surface area contributed by atoms with Gasteiger partial charge >= 0.3 is 0 Å².